The fraction of sp³-hybridized carbons (Fsp3) is 0. The second-order valence-corrected chi connectivity index (χ2v) is 9.00. The van der Waals surface area contributed by atoms with Crippen molar-refractivity contribution >= 4 is 92.9 Å². The zero-order chi connectivity index (χ0) is 19.2. The lowest BCUT2D eigenvalue weighted by Crippen LogP contribution is -1.93. The molecule has 0 bridgehead atoms. The number of ether oxygens (including phenoxy) is 1. The van der Waals surface area contributed by atoms with Gasteiger partial charge in [-0.1, -0.05) is 11.6 Å². The van der Waals surface area contributed by atoms with Crippen LogP contribution >= 0.6 is 75.3 Å². The lowest BCUT2D eigenvalue weighted by molar-refractivity contribution is -0.132. The third-order valence-electron chi connectivity index (χ3n) is 3.49. The molecule has 2 aromatic carbocycles. The molecule has 0 unspecified atom stereocenters. The molecule has 3 rings (SSSR count). The molecule has 2 N–H and O–H groups in total. The number of esters is 1. The van der Waals surface area contributed by atoms with Crippen molar-refractivity contribution < 1.29 is 19.7 Å². The van der Waals surface area contributed by atoms with Gasteiger partial charge in [-0.3, -0.25) is 0 Å². The molecule has 1 aliphatic rings. The Labute approximate surface area is 187 Å². The number of halogens is 5. The van der Waals surface area contributed by atoms with E-state index in [1.165, 1.54) is 0 Å². The number of carbonyl (C=O) groups excluding carboxylic acids is 1. The minimum atomic E-state index is -0.662. The van der Waals surface area contributed by atoms with E-state index in [-0.39, 0.29) is 22.3 Å². The Kier molecular flexibility index (Phi) is 5.89. The standard InChI is InChI=1S/C17H7Br4ClO4/c18-8-1-6(2-9(19)15(8)23)3-12-13(14(22)17(25)26-12)7-4-10(20)16(24)11(21)5-7/h1-5,23-24H/b12-3-. The topological polar surface area (TPSA) is 66.8 Å². The van der Waals surface area contributed by atoms with Crippen molar-refractivity contribution in [1.82, 2.24) is 0 Å². The van der Waals surface area contributed by atoms with Gasteiger partial charge in [-0.05, 0) is 105 Å². The number of benzene rings is 2. The molecule has 0 aliphatic carbocycles. The second-order valence-electron chi connectivity index (χ2n) is 5.21. The second kappa shape index (κ2) is 7.67. The number of hydrogen-bond acceptors (Lipinski definition) is 4. The summed E-state index contributed by atoms with van der Waals surface area (Å²) in [5.74, 6) is -0.303. The van der Waals surface area contributed by atoms with E-state index >= 15 is 0 Å². The van der Waals surface area contributed by atoms with Crippen LogP contribution in [0.2, 0.25) is 0 Å². The zero-order valence-electron chi connectivity index (χ0n) is 12.5. The maximum absolute atomic E-state index is 12.0. The van der Waals surface area contributed by atoms with Crippen molar-refractivity contribution in [3.8, 4) is 11.5 Å². The molecule has 0 atom stereocenters. The number of phenolic OH excluding ortho intramolecular Hbond substituents is 2. The van der Waals surface area contributed by atoms with Crippen LogP contribution in [-0.4, -0.2) is 16.2 Å². The Hall–Kier alpha value is -0.800. The van der Waals surface area contributed by atoms with Crippen molar-refractivity contribution in [2.45, 2.75) is 0 Å². The molecule has 9 heteroatoms. The van der Waals surface area contributed by atoms with Crippen LogP contribution in [-0.2, 0) is 9.53 Å². The highest BCUT2D eigenvalue weighted by Gasteiger charge is 2.30. The van der Waals surface area contributed by atoms with E-state index in [4.69, 9.17) is 16.3 Å². The summed E-state index contributed by atoms with van der Waals surface area (Å²) in [7, 11) is 0. The molecule has 2 aromatic rings. The van der Waals surface area contributed by atoms with Crippen LogP contribution in [0.4, 0.5) is 0 Å². The Morgan fingerprint density at radius 2 is 1.35 bits per heavy atom. The van der Waals surface area contributed by atoms with Crippen molar-refractivity contribution in [2.24, 2.45) is 0 Å². The van der Waals surface area contributed by atoms with Gasteiger partial charge in [0.15, 0.2) is 0 Å². The Balaban J connectivity index is 2.15. The molecule has 0 amide bonds. The molecular weight excluding hydrogens is 623 g/mol. The average Bonchev–Trinajstić information content (AvgIpc) is 2.84. The predicted octanol–water partition coefficient (Wildman–Crippen LogP) is 6.70. The van der Waals surface area contributed by atoms with Crippen molar-refractivity contribution in [3.05, 3.63) is 64.1 Å². The summed E-state index contributed by atoms with van der Waals surface area (Å²) in [6.07, 6.45) is 1.63. The number of rotatable bonds is 2. The Bertz CT molecular complexity index is 968. The van der Waals surface area contributed by atoms with Crippen LogP contribution in [0.1, 0.15) is 11.1 Å². The number of cyclic esters (lactones) is 1. The zero-order valence-corrected chi connectivity index (χ0v) is 19.6. The van der Waals surface area contributed by atoms with Gasteiger partial charge in [-0.15, -0.1) is 0 Å². The molecule has 26 heavy (non-hydrogen) atoms. The largest absolute Gasteiger partial charge is 0.506 e. The van der Waals surface area contributed by atoms with Crippen LogP contribution in [0.25, 0.3) is 11.6 Å². The van der Waals surface area contributed by atoms with E-state index < -0.39 is 5.97 Å². The lowest BCUT2D eigenvalue weighted by atomic mass is 10.0. The summed E-state index contributed by atoms with van der Waals surface area (Å²) in [6, 6.07) is 6.62. The van der Waals surface area contributed by atoms with Gasteiger partial charge in [0, 0.05) is 0 Å². The number of hydrogen-bond donors (Lipinski definition) is 2. The Morgan fingerprint density at radius 3 is 1.85 bits per heavy atom. The molecule has 1 aliphatic heterocycles. The highest BCUT2D eigenvalue weighted by atomic mass is 79.9. The molecule has 0 fully saturated rings. The summed E-state index contributed by atoms with van der Waals surface area (Å²) in [5.41, 5.74) is 1.66. The smallest absolute Gasteiger partial charge is 0.355 e. The molecular formula is C17H7Br4ClO4. The first-order valence-corrected chi connectivity index (χ1v) is 10.4. The monoisotopic (exact) mass is 626 g/mol. The lowest BCUT2D eigenvalue weighted by Gasteiger charge is -2.09. The average molecular weight is 630 g/mol. The normalized spacial score (nSPS) is 15.7. The van der Waals surface area contributed by atoms with E-state index in [1.54, 1.807) is 30.3 Å². The minimum Gasteiger partial charge on any atom is -0.506 e. The van der Waals surface area contributed by atoms with E-state index in [2.05, 4.69) is 63.7 Å². The maximum atomic E-state index is 12.0. The number of aromatic hydroxyl groups is 2. The van der Waals surface area contributed by atoms with Crippen molar-refractivity contribution in [1.29, 1.82) is 0 Å². The van der Waals surface area contributed by atoms with E-state index in [0.29, 0.717) is 34.6 Å². The third kappa shape index (κ3) is 3.75. The van der Waals surface area contributed by atoms with Gasteiger partial charge >= 0.3 is 5.97 Å². The van der Waals surface area contributed by atoms with Crippen molar-refractivity contribution in [3.63, 3.8) is 0 Å². The fourth-order valence-electron chi connectivity index (χ4n) is 2.31. The van der Waals surface area contributed by atoms with Crippen molar-refractivity contribution in [2.75, 3.05) is 0 Å². The van der Waals surface area contributed by atoms with Gasteiger partial charge in [-0.2, -0.15) is 0 Å². The molecule has 0 radical (unpaired) electrons. The Morgan fingerprint density at radius 1 is 0.885 bits per heavy atom. The maximum Gasteiger partial charge on any atom is 0.355 e. The summed E-state index contributed by atoms with van der Waals surface area (Å²) in [6.45, 7) is 0. The molecule has 0 spiro atoms. The first-order valence-electron chi connectivity index (χ1n) is 6.89. The molecule has 1 heterocycles. The van der Waals surface area contributed by atoms with Gasteiger partial charge in [0.05, 0.1) is 23.5 Å². The van der Waals surface area contributed by atoms with Gasteiger partial charge in [0.1, 0.15) is 22.3 Å². The molecule has 4 nitrogen and oxygen atoms in total. The van der Waals surface area contributed by atoms with E-state index in [0.717, 1.165) is 0 Å². The van der Waals surface area contributed by atoms with Gasteiger partial charge in [0.2, 0.25) is 0 Å². The minimum absolute atomic E-state index is 0.0349. The summed E-state index contributed by atoms with van der Waals surface area (Å²) >= 11 is 19.2. The SMILES string of the molecule is O=C1O/C(=C\c2cc(Br)c(O)c(Br)c2)C(c2cc(Br)c(O)c(Br)c2)=C1Cl. The third-order valence-corrected chi connectivity index (χ3v) is 6.25. The summed E-state index contributed by atoms with van der Waals surface area (Å²) in [5, 5.41) is 19.7. The predicted molar refractivity (Wildman–Crippen MR) is 114 cm³/mol. The highest BCUT2D eigenvalue weighted by molar-refractivity contribution is 9.11. The summed E-state index contributed by atoms with van der Waals surface area (Å²) < 4.78 is 7.13. The number of carbonyl (C=O) groups is 1. The fourth-order valence-corrected chi connectivity index (χ4v) is 4.96. The molecule has 0 saturated heterocycles. The quantitative estimate of drug-likeness (QED) is 0.363. The van der Waals surface area contributed by atoms with Crippen LogP contribution < -0.4 is 0 Å². The van der Waals surface area contributed by atoms with Crippen LogP contribution in [0, 0.1) is 0 Å². The van der Waals surface area contributed by atoms with Crippen LogP contribution in [0.3, 0.4) is 0 Å². The highest BCUT2D eigenvalue weighted by Crippen LogP contribution is 2.43. The van der Waals surface area contributed by atoms with Gasteiger partial charge in [0.25, 0.3) is 0 Å². The molecule has 0 aromatic heterocycles. The summed E-state index contributed by atoms with van der Waals surface area (Å²) in [4.78, 5) is 12.0. The van der Waals surface area contributed by atoms with Crippen LogP contribution in [0.5, 0.6) is 11.5 Å². The van der Waals surface area contributed by atoms with Gasteiger partial charge in [-0.25, -0.2) is 4.79 Å². The van der Waals surface area contributed by atoms with Gasteiger partial charge < -0.3 is 14.9 Å². The number of allylic oxidation sites excluding steroid dienone is 1. The first-order chi connectivity index (χ1) is 12.2. The van der Waals surface area contributed by atoms with E-state index in [9.17, 15) is 15.0 Å². The van der Waals surface area contributed by atoms with Crippen LogP contribution in [0.15, 0.2) is 52.9 Å². The van der Waals surface area contributed by atoms with E-state index in [1.807, 2.05) is 0 Å². The molecule has 134 valence electrons. The molecule has 0 saturated carbocycles. The first kappa shape index (κ1) is 19.9. The number of phenols is 2.